The largest absolute Gasteiger partial charge is 0.294 e. The summed E-state index contributed by atoms with van der Waals surface area (Å²) < 4.78 is 13.3. The van der Waals surface area contributed by atoms with Gasteiger partial charge in [-0.2, -0.15) is 0 Å². The van der Waals surface area contributed by atoms with Crippen molar-refractivity contribution in [3.8, 4) is 11.1 Å². The average Bonchev–Trinajstić information content (AvgIpc) is 2.40. The summed E-state index contributed by atoms with van der Waals surface area (Å²) >= 11 is 0. The fourth-order valence-electron chi connectivity index (χ4n) is 1.97. The molecule has 0 fully saturated rings. The summed E-state index contributed by atoms with van der Waals surface area (Å²) in [6, 6.07) is 12.1. The maximum Gasteiger partial charge on any atom is 0.162 e. The Morgan fingerprint density at radius 3 is 2.67 bits per heavy atom. The highest BCUT2D eigenvalue weighted by Crippen LogP contribution is 2.25. The van der Waals surface area contributed by atoms with E-state index in [4.69, 9.17) is 0 Å². The van der Waals surface area contributed by atoms with Crippen LogP contribution in [0.2, 0.25) is 0 Å². The van der Waals surface area contributed by atoms with E-state index in [2.05, 4.69) is 0 Å². The van der Waals surface area contributed by atoms with Crippen LogP contribution in [0.25, 0.3) is 11.1 Å². The molecule has 1 nitrogen and oxygen atoms in total. The number of ketones is 1. The van der Waals surface area contributed by atoms with Crippen LogP contribution in [0.3, 0.4) is 0 Å². The molecule has 0 unspecified atom stereocenters. The van der Waals surface area contributed by atoms with Crippen molar-refractivity contribution >= 4 is 5.78 Å². The molecular formula is C16H15FO. The molecule has 92 valence electrons. The van der Waals surface area contributed by atoms with E-state index in [1.165, 1.54) is 12.1 Å². The number of halogens is 1. The first-order chi connectivity index (χ1) is 8.61. The van der Waals surface area contributed by atoms with Crippen molar-refractivity contribution < 1.29 is 9.18 Å². The average molecular weight is 242 g/mol. The highest BCUT2D eigenvalue weighted by molar-refractivity contribution is 5.97. The second-order valence-electron chi connectivity index (χ2n) is 4.32. The number of aryl methyl sites for hydroxylation is 1. The predicted octanol–water partition coefficient (Wildman–Crippen LogP) is 4.39. The van der Waals surface area contributed by atoms with Crippen molar-refractivity contribution in [1.29, 1.82) is 0 Å². The highest BCUT2D eigenvalue weighted by Gasteiger charge is 2.07. The Morgan fingerprint density at radius 1 is 1.17 bits per heavy atom. The van der Waals surface area contributed by atoms with E-state index in [1.807, 2.05) is 32.0 Å². The van der Waals surface area contributed by atoms with Gasteiger partial charge in [-0.15, -0.1) is 0 Å². The molecule has 0 atom stereocenters. The first-order valence-electron chi connectivity index (χ1n) is 6.01. The van der Waals surface area contributed by atoms with Gasteiger partial charge in [-0.25, -0.2) is 4.39 Å². The van der Waals surface area contributed by atoms with Gasteiger partial charge in [-0.05, 0) is 41.8 Å². The van der Waals surface area contributed by atoms with E-state index in [9.17, 15) is 9.18 Å². The summed E-state index contributed by atoms with van der Waals surface area (Å²) in [5, 5.41) is 0. The number of benzene rings is 2. The maximum absolute atomic E-state index is 13.3. The molecule has 0 bridgehead atoms. The van der Waals surface area contributed by atoms with E-state index in [1.54, 1.807) is 12.1 Å². The minimum Gasteiger partial charge on any atom is -0.294 e. The molecular weight excluding hydrogens is 227 g/mol. The van der Waals surface area contributed by atoms with Crippen LogP contribution in [-0.4, -0.2) is 5.78 Å². The van der Waals surface area contributed by atoms with Crippen molar-refractivity contribution in [3.05, 3.63) is 59.4 Å². The molecule has 2 aromatic rings. The van der Waals surface area contributed by atoms with Crippen molar-refractivity contribution in [2.45, 2.75) is 20.3 Å². The smallest absolute Gasteiger partial charge is 0.162 e. The monoisotopic (exact) mass is 242 g/mol. The lowest BCUT2D eigenvalue weighted by atomic mass is 9.97. The second-order valence-corrected chi connectivity index (χ2v) is 4.32. The third kappa shape index (κ3) is 2.48. The Labute approximate surface area is 106 Å². The SMILES string of the molecule is CCC(=O)c1cccc(-c2cc(F)ccc2C)c1. The van der Waals surface area contributed by atoms with Crippen LogP contribution in [0.4, 0.5) is 4.39 Å². The molecule has 0 saturated carbocycles. The zero-order valence-corrected chi connectivity index (χ0v) is 10.5. The standard InChI is InChI=1S/C16H15FO/c1-3-16(18)13-6-4-5-12(9-13)15-10-14(17)8-7-11(15)2/h4-10H,3H2,1-2H3. The van der Waals surface area contributed by atoms with Gasteiger partial charge in [0.1, 0.15) is 5.82 Å². The van der Waals surface area contributed by atoms with Gasteiger partial charge in [0.25, 0.3) is 0 Å². The van der Waals surface area contributed by atoms with E-state index in [0.29, 0.717) is 12.0 Å². The number of carbonyl (C=O) groups excluding carboxylic acids is 1. The Kier molecular flexibility index (Phi) is 3.56. The number of rotatable bonds is 3. The van der Waals surface area contributed by atoms with Gasteiger partial charge in [0, 0.05) is 12.0 Å². The Balaban J connectivity index is 2.51. The van der Waals surface area contributed by atoms with Crippen LogP contribution >= 0.6 is 0 Å². The number of hydrogen-bond acceptors (Lipinski definition) is 1. The molecule has 0 aromatic heterocycles. The van der Waals surface area contributed by atoms with Gasteiger partial charge >= 0.3 is 0 Å². The van der Waals surface area contributed by atoms with Crippen LogP contribution < -0.4 is 0 Å². The summed E-state index contributed by atoms with van der Waals surface area (Å²) in [7, 11) is 0. The molecule has 0 aliphatic heterocycles. The van der Waals surface area contributed by atoms with E-state index in [0.717, 1.165) is 16.7 Å². The molecule has 0 amide bonds. The number of Topliss-reactive ketones (excluding diaryl/α,β-unsaturated/α-hetero) is 1. The molecule has 0 aliphatic rings. The summed E-state index contributed by atoms with van der Waals surface area (Å²) in [4.78, 5) is 11.7. The fourth-order valence-corrected chi connectivity index (χ4v) is 1.97. The molecule has 0 aliphatic carbocycles. The maximum atomic E-state index is 13.3. The molecule has 0 saturated heterocycles. The van der Waals surface area contributed by atoms with Crippen LogP contribution in [0.5, 0.6) is 0 Å². The Morgan fingerprint density at radius 2 is 1.94 bits per heavy atom. The van der Waals surface area contributed by atoms with Gasteiger partial charge in [0.2, 0.25) is 0 Å². The topological polar surface area (TPSA) is 17.1 Å². The van der Waals surface area contributed by atoms with Crippen LogP contribution in [-0.2, 0) is 0 Å². The predicted molar refractivity (Wildman–Crippen MR) is 71.2 cm³/mol. The number of carbonyl (C=O) groups is 1. The lowest BCUT2D eigenvalue weighted by molar-refractivity contribution is 0.0988. The second kappa shape index (κ2) is 5.13. The molecule has 0 radical (unpaired) electrons. The summed E-state index contributed by atoms with van der Waals surface area (Å²) in [5.74, 6) is -0.159. The van der Waals surface area contributed by atoms with E-state index >= 15 is 0 Å². The molecule has 0 N–H and O–H groups in total. The van der Waals surface area contributed by atoms with Crippen molar-refractivity contribution in [1.82, 2.24) is 0 Å². The van der Waals surface area contributed by atoms with Gasteiger partial charge < -0.3 is 0 Å². The zero-order valence-electron chi connectivity index (χ0n) is 10.5. The van der Waals surface area contributed by atoms with Gasteiger partial charge in [0.05, 0.1) is 0 Å². The fraction of sp³-hybridized carbons (Fsp3) is 0.188. The molecule has 2 rings (SSSR count). The molecule has 18 heavy (non-hydrogen) atoms. The summed E-state index contributed by atoms with van der Waals surface area (Å²) in [6.45, 7) is 3.77. The van der Waals surface area contributed by atoms with E-state index < -0.39 is 0 Å². The lowest BCUT2D eigenvalue weighted by Crippen LogP contribution is -1.96. The van der Waals surface area contributed by atoms with Gasteiger partial charge in [0.15, 0.2) is 5.78 Å². The number of hydrogen-bond donors (Lipinski definition) is 0. The third-order valence-electron chi connectivity index (χ3n) is 3.02. The van der Waals surface area contributed by atoms with Gasteiger partial charge in [-0.3, -0.25) is 4.79 Å². The third-order valence-corrected chi connectivity index (χ3v) is 3.02. The van der Waals surface area contributed by atoms with E-state index in [-0.39, 0.29) is 11.6 Å². The lowest BCUT2D eigenvalue weighted by Gasteiger charge is -2.07. The zero-order chi connectivity index (χ0) is 13.1. The quantitative estimate of drug-likeness (QED) is 0.729. The summed E-state index contributed by atoms with van der Waals surface area (Å²) in [6.07, 6.45) is 0.478. The van der Waals surface area contributed by atoms with Crippen LogP contribution in [0.15, 0.2) is 42.5 Å². The van der Waals surface area contributed by atoms with Crippen molar-refractivity contribution in [2.24, 2.45) is 0 Å². The Bertz CT molecular complexity index is 587. The van der Waals surface area contributed by atoms with Crippen molar-refractivity contribution in [3.63, 3.8) is 0 Å². The molecule has 2 aromatic carbocycles. The first kappa shape index (κ1) is 12.5. The first-order valence-corrected chi connectivity index (χ1v) is 6.01. The van der Waals surface area contributed by atoms with Crippen molar-refractivity contribution in [2.75, 3.05) is 0 Å². The molecule has 0 spiro atoms. The Hall–Kier alpha value is -1.96. The molecule has 0 heterocycles. The summed E-state index contributed by atoms with van der Waals surface area (Å²) in [5.41, 5.74) is 3.39. The normalized spacial score (nSPS) is 10.4. The minimum absolute atomic E-state index is 0.103. The minimum atomic E-state index is -0.261. The molecule has 2 heteroatoms. The van der Waals surface area contributed by atoms with Crippen LogP contribution in [0, 0.1) is 12.7 Å². The van der Waals surface area contributed by atoms with Gasteiger partial charge in [-0.1, -0.05) is 31.2 Å². The highest BCUT2D eigenvalue weighted by atomic mass is 19.1. The van der Waals surface area contributed by atoms with Crippen LogP contribution in [0.1, 0.15) is 29.3 Å².